The first kappa shape index (κ1) is 20.3. The summed E-state index contributed by atoms with van der Waals surface area (Å²) >= 11 is 0. The Hall–Kier alpha value is -1.99. The van der Waals surface area contributed by atoms with Gasteiger partial charge in [-0.1, -0.05) is 0 Å². The van der Waals surface area contributed by atoms with Crippen LogP contribution in [0.15, 0.2) is 6.07 Å². The summed E-state index contributed by atoms with van der Waals surface area (Å²) in [7, 11) is 0. The van der Waals surface area contributed by atoms with Gasteiger partial charge in [0.05, 0.1) is 12.1 Å². The molecule has 1 fully saturated rings. The predicted octanol–water partition coefficient (Wildman–Crippen LogP) is 1.68. The number of aromatic nitrogens is 4. The van der Waals surface area contributed by atoms with Gasteiger partial charge in [0.1, 0.15) is 0 Å². The molecular formula is C18H27ClN6O. The zero-order valence-corrected chi connectivity index (χ0v) is 16.9. The van der Waals surface area contributed by atoms with Crippen LogP contribution in [0.1, 0.15) is 35.3 Å². The molecule has 0 bridgehead atoms. The van der Waals surface area contributed by atoms with Crippen LogP contribution in [0, 0.1) is 27.7 Å². The molecule has 1 amide bonds. The number of rotatable bonds is 3. The summed E-state index contributed by atoms with van der Waals surface area (Å²) in [5.41, 5.74) is 4.57. The van der Waals surface area contributed by atoms with E-state index < -0.39 is 0 Å². The minimum Gasteiger partial charge on any atom is -0.337 e. The third-order valence-corrected chi connectivity index (χ3v) is 4.75. The summed E-state index contributed by atoms with van der Waals surface area (Å²) in [6, 6.07) is 2.16. The van der Waals surface area contributed by atoms with Crippen molar-refractivity contribution in [1.29, 1.82) is 0 Å². The molecule has 1 saturated heterocycles. The topological polar surface area (TPSA) is 75.9 Å². The first-order chi connectivity index (χ1) is 11.9. The molecule has 1 atom stereocenters. The lowest BCUT2D eigenvalue weighted by molar-refractivity contribution is -0.133. The molecule has 0 saturated carbocycles. The van der Waals surface area contributed by atoms with E-state index in [2.05, 4.69) is 27.3 Å². The lowest BCUT2D eigenvalue weighted by atomic mass is 10.1. The fourth-order valence-electron chi connectivity index (χ4n) is 3.39. The van der Waals surface area contributed by atoms with Crippen LogP contribution >= 0.6 is 12.4 Å². The van der Waals surface area contributed by atoms with Gasteiger partial charge in [-0.3, -0.25) is 4.79 Å². The van der Waals surface area contributed by atoms with Gasteiger partial charge < -0.3 is 10.2 Å². The molecule has 142 valence electrons. The van der Waals surface area contributed by atoms with Crippen molar-refractivity contribution < 1.29 is 4.79 Å². The molecule has 2 aromatic heterocycles. The molecule has 0 unspecified atom stereocenters. The fourth-order valence-corrected chi connectivity index (χ4v) is 3.39. The molecular weight excluding hydrogens is 352 g/mol. The Bertz CT molecular complexity index is 783. The first-order valence-electron chi connectivity index (χ1n) is 8.74. The Morgan fingerprint density at radius 3 is 2.50 bits per heavy atom. The number of aryl methyl sites for hydroxylation is 3. The van der Waals surface area contributed by atoms with Gasteiger partial charge in [-0.05, 0) is 40.7 Å². The number of piperazine rings is 1. The number of carbonyl (C=O) groups excluding carboxylic acids is 1. The predicted molar refractivity (Wildman–Crippen MR) is 103 cm³/mol. The first-order valence-corrected chi connectivity index (χ1v) is 8.74. The Balaban J connectivity index is 0.00000243. The van der Waals surface area contributed by atoms with Crippen LogP contribution < -0.4 is 5.32 Å². The number of hydrogen-bond donors (Lipinski definition) is 1. The van der Waals surface area contributed by atoms with Gasteiger partial charge in [-0.25, -0.2) is 14.6 Å². The van der Waals surface area contributed by atoms with E-state index in [9.17, 15) is 4.79 Å². The van der Waals surface area contributed by atoms with Crippen molar-refractivity contribution in [2.75, 3.05) is 19.6 Å². The Morgan fingerprint density at radius 2 is 1.88 bits per heavy atom. The van der Waals surface area contributed by atoms with E-state index in [0.717, 1.165) is 48.0 Å². The van der Waals surface area contributed by atoms with E-state index in [1.165, 1.54) is 0 Å². The molecule has 1 aliphatic heterocycles. The highest BCUT2D eigenvalue weighted by Crippen LogP contribution is 2.18. The summed E-state index contributed by atoms with van der Waals surface area (Å²) in [6.45, 7) is 12.3. The van der Waals surface area contributed by atoms with E-state index in [1.807, 2.05) is 38.7 Å². The highest BCUT2D eigenvalue weighted by atomic mass is 35.5. The highest BCUT2D eigenvalue weighted by Gasteiger charge is 2.25. The number of nitrogens with zero attached hydrogens (tertiary/aromatic N) is 5. The minimum atomic E-state index is 0. The highest BCUT2D eigenvalue weighted by molar-refractivity contribution is 5.85. The molecule has 8 heteroatoms. The number of halogens is 1. The standard InChI is InChI=1S/C18H26N6O.ClH/c1-11-8-12(2)21-18(20-11)24-15(5)16(14(4)22-24)9-17(25)23-7-6-19-10-13(23)3;/h8,13,19H,6-7,9-10H2,1-5H3;1H/t13-;/m0./s1. The SMILES string of the molecule is Cc1cc(C)nc(-n2nc(C)c(CC(=O)N3CCNC[C@@H]3C)c2C)n1.Cl. The van der Waals surface area contributed by atoms with Crippen molar-refractivity contribution in [3.63, 3.8) is 0 Å². The van der Waals surface area contributed by atoms with Gasteiger partial charge in [-0.15, -0.1) is 12.4 Å². The average Bonchev–Trinajstić information content (AvgIpc) is 2.82. The molecule has 0 radical (unpaired) electrons. The smallest absolute Gasteiger partial charge is 0.251 e. The van der Waals surface area contributed by atoms with Gasteiger partial charge in [0.2, 0.25) is 5.91 Å². The molecule has 1 N–H and O–H groups in total. The number of carbonyl (C=O) groups is 1. The second-order valence-corrected chi connectivity index (χ2v) is 6.83. The van der Waals surface area contributed by atoms with Crippen LogP contribution in [0.3, 0.4) is 0 Å². The van der Waals surface area contributed by atoms with E-state index in [-0.39, 0.29) is 24.4 Å². The molecule has 0 aromatic carbocycles. The van der Waals surface area contributed by atoms with E-state index >= 15 is 0 Å². The minimum absolute atomic E-state index is 0. The van der Waals surface area contributed by atoms with E-state index in [1.54, 1.807) is 4.68 Å². The largest absolute Gasteiger partial charge is 0.337 e. The summed E-state index contributed by atoms with van der Waals surface area (Å²) in [5, 5.41) is 7.90. The summed E-state index contributed by atoms with van der Waals surface area (Å²) < 4.78 is 1.75. The third-order valence-electron chi connectivity index (χ3n) is 4.75. The van der Waals surface area contributed by atoms with Crippen LogP contribution in [0.5, 0.6) is 0 Å². The quantitative estimate of drug-likeness (QED) is 0.879. The van der Waals surface area contributed by atoms with Gasteiger partial charge in [0.15, 0.2) is 0 Å². The van der Waals surface area contributed by atoms with E-state index in [0.29, 0.717) is 12.4 Å². The molecule has 0 spiro atoms. The maximum atomic E-state index is 12.8. The maximum absolute atomic E-state index is 12.8. The monoisotopic (exact) mass is 378 g/mol. The zero-order chi connectivity index (χ0) is 18.1. The van der Waals surface area contributed by atoms with Crippen molar-refractivity contribution in [1.82, 2.24) is 30.0 Å². The molecule has 2 aromatic rings. The summed E-state index contributed by atoms with van der Waals surface area (Å²) in [5.74, 6) is 0.716. The molecule has 7 nitrogen and oxygen atoms in total. The van der Waals surface area contributed by atoms with E-state index in [4.69, 9.17) is 0 Å². The van der Waals surface area contributed by atoms with Crippen LogP contribution in [0.4, 0.5) is 0 Å². The average molecular weight is 379 g/mol. The van der Waals surface area contributed by atoms with Crippen LogP contribution in [-0.2, 0) is 11.2 Å². The Kier molecular flexibility index (Phi) is 6.36. The van der Waals surface area contributed by atoms with Crippen LogP contribution in [0.25, 0.3) is 5.95 Å². The normalized spacial score (nSPS) is 17.1. The lowest BCUT2D eigenvalue weighted by Crippen LogP contribution is -2.52. The van der Waals surface area contributed by atoms with Crippen molar-refractivity contribution in [3.8, 4) is 5.95 Å². The molecule has 1 aliphatic rings. The molecule has 3 rings (SSSR count). The second kappa shape index (κ2) is 8.14. The van der Waals surface area contributed by atoms with Crippen molar-refractivity contribution in [3.05, 3.63) is 34.4 Å². The second-order valence-electron chi connectivity index (χ2n) is 6.83. The third kappa shape index (κ3) is 4.04. The zero-order valence-electron chi connectivity index (χ0n) is 16.0. The number of nitrogens with one attached hydrogen (secondary N) is 1. The van der Waals surface area contributed by atoms with Crippen molar-refractivity contribution in [2.24, 2.45) is 0 Å². The maximum Gasteiger partial charge on any atom is 0.251 e. The lowest BCUT2D eigenvalue weighted by Gasteiger charge is -2.34. The fraction of sp³-hybridized carbons (Fsp3) is 0.556. The van der Waals surface area contributed by atoms with Crippen molar-refractivity contribution in [2.45, 2.75) is 47.1 Å². The molecule has 26 heavy (non-hydrogen) atoms. The van der Waals surface area contributed by atoms with Gasteiger partial charge in [0, 0.05) is 48.3 Å². The number of hydrogen-bond acceptors (Lipinski definition) is 5. The van der Waals surface area contributed by atoms with Crippen LogP contribution in [0.2, 0.25) is 0 Å². The molecule has 3 heterocycles. The Labute approximate surface area is 160 Å². The van der Waals surface area contributed by atoms with Gasteiger partial charge >= 0.3 is 0 Å². The van der Waals surface area contributed by atoms with Crippen molar-refractivity contribution >= 4 is 18.3 Å². The molecule has 0 aliphatic carbocycles. The van der Waals surface area contributed by atoms with Crippen LogP contribution in [-0.4, -0.2) is 56.2 Å². The number of amides is 1. The summed E-state index contributed by atoms with van der Waals surface area (Å²) in [4.78, 5) is 23.7. The summed E-state index contributed by atoms with van der Waals surface area (Å²) in [6.07, 6.45) is 0.368. The van der Waals surface area contributed by atoms with Gasteiger partial charge in [0.25, 0.3) is 5.95 Å². The van der Waals surface area contributed by atoms with Gasteiger partial charge in [-0.2, -0.15) is 5.10 Å². The Morgan fingerprint density at radius 1 is 1.23 bits per heavy atom.